The van der Waals surface area contributed by atoms with Gasteiger partial charge in [-0.1, -0.05) is 30.2 Å². The van der Waals surface area contributed by atoms with E-state index >= 15 is 0 Å². The van der Waals surface area contributed by atoms with Crippen molar-refractivity contribution in [3.63, 3.8) is 0 Å². The number of ether oxygens (including phenoxy) is 1. The lowest BCUT2D eigenvalue weighted by molar-refractivity contribution is -0.123. The molecule has 32 heavy (non-hydrogen) atoms. The Balaban J connectivity index is 1.73. The van der Waals surface area contributed by atoms with E-state index in [1.54, 1.807) is 12.1 Å². The Kier molecular flexibility index (Phi) is 7.59. The van der Waals surface area contributed by atoms with Gasteiger partial charge in [-0.2, -0.15) is 4.31 Å². The summed E-state index contributed by atoms with van der Waals surface area (Å²) in [5.41, 5.74) is 2.25. The van der Waals surface area contributed by atoms with Crippen LogP contribution in [0.25, 0.3) is 0 Å². The summed E-state index contributed by atoms with van der Waals surface area (Å²) in [6, 6.07) is 9.46. The van der Waals surface area contributed by atoms with Crippen LogP contribution >= 0.6 is 11.6 Å². The molecule has 0 radical (unpaired) electrons. The molecule has 7 nitrogen and oxygen atoms in total. The minimum atomic E-state index is -3.68. The molecule has 0 saturated carbocycles. The molecule has 1 heterocycles. The van der Waals surface area contributed by atoms with Crippen molar-refractivity contribution in [2.75, 3.05) is 18.4 Å². The second kappa shape index (κ2) is 10.0. The molecule has 0 aromatic heterocycles. The molecule has 1 aliphatic rings. The van der Waals surface area contributed by atoms with Gasteiger partial charge in [0.25, 0.3) is 5.91 Å². The number of nitrogens with zero attached hydrogens (tertiary/aromatic N) is 1. The number of esters is 1. The molecule has 1 saturated heterocycles. The number of amides is 1. The van der Waals surface area contributed by atoms with Gasteiger partial charge in [-0.15, -0.1) is 0 Å². The van der Waals surface area contributed by atoms with Crippen LogP contribution in [0.3, 0.4) is 0 Å². The third-order valence-corrected chi connectivity index (χ3v) is 7.85. The van der Waals surface area contributed by atoms with Gasteiger partial charge in [0.2, 0.25) is 10.0 Å². The SMILES string of the molecule is Cc1cccc(C(=O)OC(C)C(=O)Nc2cc(S(=O)(=O)N3CCCCC3)ccc2Cl)c1C. The number of carbonyl (C=O) groups excluding carboxylic acids is 2. The lowest BCUT2D eigenvalue weighted by Gasteiger charge is -2.26. The topological polar surface area (TPSA) is 92.8 Å². The van der Waals surface area contributed by atoms with Crippen LogP contribution in [0.5, 0.6) is 0 Å². The van der Waals surface area contributed by atoms with Crippen molar-refractivity contribution < 1.29 is 22.7 Å². The summed E-state index contributed by atoms with van der Waals surface area (Å²) in [7, 11) is -3.68. The molecule has 1 atom stereocenters. The Labute approximate surface area is 193 Å². The van der Waals surface area contributed by atoms with Gasteiger partial charge in [0.15, 0.2) is 6.10 Å². The molecule has 9 heteroatoms. The molecule has 1 aliphatic heterocycles. The second-order valence-corrected chi connectivity index (χ2v) is 10.2. The predicted molar refractivity (Wildman–Crippen MR) is 123 cm³/mol. The number of nitrogens with one attached hydrogen (secondary N) is 1. The van der Waals surface area contributed by atoms with E-state index in [1.807, 2.05) is 19.9 Å². The number of hydrogen-bond donors (Lipinski definition) is 1. The highest BCUT2D eigenvalue weighted by Gasteiger charge is 2.27. The standard InChI is InChI=1S/C23H27ClN2O5S/c1-15-8-7-9-19(16(15)2)23(28)31-17(3)22(27)25-21-14-18(10-11-20(21)24)32(29,30)26-12-5-4-6-13-26/h7-11,14,17H,4-6,12-13H2,1-3H3,(H,25,27). The first-order valence-electron chi connectivity index (χ1n) is 10.5. The fourth-order valence-electron chi connectivity index (χ4n) is 3.50. The third kappa shape index (κ3) is 5.31. The maximum Gasteiger partial charge on any atom is 0.339 e. The van der Waals surface area contributed by atoms with E-state index in [-0.39, 0.29) is 15.6 Å². The number of halogens is 1. The van der Waals surface area contributed by atoms with E-state index in [1.165, 1.54) is 29.4 Å². The van der Waals surface area contributed by atoms with Crippen LogP contribution in [-0.4, -0.2) is 43.8 Å². The highest BCUT2D eigenvalue weighted by Crippen LogP contribution is 2.28. The van der Waals surface area contributed by atoms with Gasteiger partial charge in [-0.25, -0.2) is 13.2 Å². The van der Waals surface area contributed by atoms with Crippen molar-refractivity contribution in [3.8, 4) is 0 Å². The lowest BCUT2D eigenvalue weighted by atomic mass is 10.0. The molecule has 3 rings (SSSR count). The van der Waals surface area contributed by atoms with Crippen LogP contribution in [0.15, 0.2) is 41.3 Å². The number of carbonyl (C=O) groups is 2. The maximum absolute atomic E-state index is 12.9. The van der Waals surface area contributed by atoms with Gasteiger partial charge in [0, 0.05) is 13.1 Å². The largest absolute Gasteiger partial charge is 0.449 e. The predicted octanol–water partition coefficient (Wildman–Crippen LogP) is 4.32. The molecule has 0 bridgehead atoms. The summed E-state index contributed by atoms with van der Waals surface area (Å²) in [5, 5.41) is 2.76. The highest BCUT2D eigenvalue weighted by molar-refractivity contribution is 7.89. The zero-order chi connectivity index (χ0) is 23.5. The number of rotatable bonds is 6. The summed E-state index contributed by atoms with van der Waals surface area (Å²) in [5.74, 6) is -1.22. The molecule has 172 valence electrons. The average Bonchev–Trinajstić information content (AvgIpc) is 2.77. The Morgan fingerprint density at radius 2 is 1.78 bits per heavy atom. The first kappa shape index (κ1) is 24.2. The van der Waals surface area contributed by atoms with Crippen molar-refractivity contribution in [3.05, 3.63) is 58.1 Å². The Morgan fingerprint density at radius 1 is 1.09 bits per heavy atom. The third-order valence-electron chi connectivity index (χ3n) is 5.63. The van der Waals surface area contributed by atoms with Gasteiger partial charge in [0.1, 0.15) is 0 Å². The minimum absolute atomic E-state index is 0.0548. The van der Waals surface area contributed by atoms with Crippen molar-refractivity contribution in [1.82, 2.24) is 4.31 Å². The van der Waals surface area contributed by atoms with E-state index in [2.05, 4.69) is 5.32 Å². The maximum atomic E-state index is 12.9. The zero-order valence-electron chi connectivity index (χ0n) is 18.4. The van der Waals surface area contributed by atoms with E-state index in [9.17, 15) is 18.0 Å². The van der Waals surface area contributed by atoms with E-state index in [0.29, 0.717) is 18.7 Å². The van der Waals surface area contributed by atoms with Crippen LogP contribution in [0.4, 0.5) is 5.69 Å². The molecule has 1 unspecified atom stereocenters. The lowest BCUT2D eigenvalue weighted by Crippen LogP contribution is -2.35. The Hall–Kier alpha value is -2.42. The highest BCUT2D eigenvalue weighted by atomic mass is 35.5. The minimum Gasteiger partial charge on any atom is -0.449 e. The van der Waals surface area contributed by atoms with Crippen LogP contribution in [0.1, 0.15) is 47.7 Å². The molecule has 0 aliphatic carbocycles. The van der Waals surface area contributed by atoms with Crippen molar-refractivity contribution in [2.45, 2.75) is 51.0 Å². The monoisotopic (exact) mass is 478 g/mol. The molecule has 2 aromatic rings. The molecule has 1 N–H and O–H groups in total. The van der Waals surface area contributed by atoms with Crippen molar-refractivity contribution in [2.24, 2.45) is 0 Å². The van der Waals surface area contributed by atoms with Crippen molar-refractivity contribution in [1.29, 1.82) is 0 Å². The van der Waals surface area contributed by atoms with Gasteiger partial charge in [-0.3, -0.25) is 4.79 Å². The number of sulfonamides is 1. The van der Waals surface area contributed by atoms with Crippen LogP contribution < -0.4 is 5.32 Å². The van der Waals surface area contributed by atoms with Gasteiger partial charge in [0.05, 0.1) is 21.2 Å². The first-order chi connectivity index (χ1) is 15.1. The first-order valence-corrected chi connectivity index (χ1v) is 12.3. The Bertz CT molecular complexity index is 1130. The van der Waals surface area contributed by atoms with Crippen LogP contribution in [0.2, 0.25) is 5.02 Å². The molecular weight excluding hydrogens is 452 g/mol. The van der Waals surface area contributed by atoms with Crippen LogP contribution in [0, 0.1) is 13.8 Å². The number of anilines is 1. The summed E-state index contributed by atoms with van der Waals surface area (Å²) >= 11 is 6.19. The summed E-state index contributed by atoms with van der Waals surface area (Å²) in [6.45, 7) is 6.08. The normalized spacial score (nSPS) is 15.8. The van der Waals surface area contributed by atoms with Gasteiger partial charge >= 0.3 is 5.97 Å². The Morgan fingerprint density at radius 3 is 2.47 bits per heavy atom. The molecule has 0 spiro atoms. The molecular formula is C23H27ClN2O5S. The smallest absolute Gasteiger partial charge is 0.339 e. The van der Waals surface area contributed by atoms with Crippen molar-refractivity contribution >= 4 is 39.2 Å². The van der Waals surface area contributed by atoms with E-state index in [0.717, 1.165) is 30.4 Å². The van der Waals surface area contributed by atoms with E-state index < -0.39 is 28.0 Å². The molecule has 1 fully saturated rings. The fraction of sp³-hybridized carbons (Fsp3) is 0.391. The summed E-state index contributed by atoms with van der Waals surface area (Å²) in [4.78, 5) is 25.2. The summed E-state index contributed by atoms with van der Waals surface area (Å²) < 4.78 is 32.6. The number of hydrogen-bond acceptors (Lipinski definition) is 5. The molecule has 2 aromatic carbocycles. The number of piperidine rings is 1. The van der Waals surface area contributed by atoms with Gasteiger partial charge < -0.3 is 10.1 Å². The second-order valence-electron chi connectivity index (χ2n) is 7.89. The molecule has 1 amide bonds. The average molecular weight is 479 g/mol. The number of benzene rings is 2. The fourth-order valence-corrected chi connectivity index (χ4v) is 5.21. The zero-order valence-corrected chi connectivity index (χ0v) is 19.9. The van der Waals surface area contributed by atoms with Crippen LogP contribution in [-0.2, 0) is 19.6 Å². The summed E-state index contributed by atoms with van der Waals surface area (Å²) in [6.07, 6.45) is 1.53. The number of aryl methyl sites for hydroxylation is 1. The van der Waals surface area contributed by atoms with E-state index in [4.69, 9.17) is 16.3 Å². The van der Waals surface area contributed by atoms with Gasteiger partial charge in [-0.05, 0) is 69.0 Å². The quantitative estimate of drug-likeness (QED) is 0.624.